The molecule has 6 nitrogen and oxygen atoms in total. The lowest BCUT2D eigenvalue weighted by Crippen LogP contribution is -2.48. The lowest BCUT2D eigenvalue weighted by Gasteiger charge is -2.34. The number of hydrogen-bond donors (Lipinski definition) is 1. The standard InChI is InChI=1S/C28H33N3O3S/c1-21(2)24-9-11-26(12-10-24)29-28(32)25-6-4-5-23(19-25)20-30-15-17-31(18-16-30)35(33,34)27-13-7-22(3)8-14-27/h4-14,19,21H,15-18,20H2,1-3H3,(H,29,32). The zero-order valence-corrected chi connectivity index (χ0v) is 21.4. The van der Waals surface area contributed by atoms with Gasteiger partial charge in [-0.2, -0.15) is 4.31 Å². The molecule has 1 fully saturated rings. The fourth-order valence-electron chi connectivity index (χ4n) is 4.21. The minimum Gasteiger partial charge on any atom is -0.322 e. The van der Waals surface area contributed by atoms with Gasteiger partial charge in [0.15, 0.2) is 0 Å². The number of aryl methyl sites for hydroxylation is 1. The van der Waals surface area contributed by atoms with Crippen molar-refractivity contribution < 1.29 is 13.2 Å². The Morgan fingerprint density at radius 1 is 0.914 bits per heavy atom. The first-order chi connectivity index (χ1) is 16.7. The van der Waals surface area contributed by atoms with Crippen LogP contribution in [0.2, 0.25) is 0 Å². The number of anilines is 1. The predicted octanol–water partition coefficient (Wildman–Crippen LogP) is 4.88. The maximum atomic E-state index is 12.9. The Morgan fingerprint density at radius 2 is 1.57 bits per heavy atom. The van der Waals surface area contributed by atoms with E-state index in [1.54, 1.807) is 16.4 Å². The minimum absolute atomic E-state index is 0.141. The van der Waals surface area contributed by atoms with Crippen LogP contribution in [0.1, 0.15) is 46.8 Å². The summed E-state index contributed by atoms with van der Waals surface area (Å²) in [6, 6.07) is 22.6. The quantitative estimate of drug-likeness (QED) is 0.512. The van der Waals surface area contributed by atoms with Crippen molar-refractivity contribution in [3.05, 3.63) is 95.1 Å². The molecule has 0 unspecified atom stereocenters. The SMILES string of the molecule is Cc1ccc(S(=O)(=O)N2CCN(Cc3cccc(C(=O)Nc4ccc(C(C)C)cc4)c3)CC2)cc1. The van der Waals surface area contributed by atoms with Crippen molar-refractivity contribution in [2.75, 3.05) is 31.5 Å². The summed E-state index contributed by atoms with van der Waals surface area (Å²) in [7, 11) is -3.48. The lowest BCUT2D eigenvalue weighted by molar-refractivity contribution is 0.102. The molecule has 1 aliphatic rings. The molecule has 184 valence electrons. The number of rotatable bonds is 7. The van der Waals surface area contributed by atoms with Gasteiger partial charge in [-0.15, -0.1) is 0 Å². The Bertz CT molecular complexity index is 1260. The fraction of sp³-hybridized carbons (Fsp3) is 0.321. The van der Waals surface area contributed by atoms with Gasteiger partial charge in [-0.05, 0) is 60.4 Å². The molecule has 35 heavy (non-hydrogen) atoms. The molecule has 1 heterocycles. The highest BCUT2D eigenvalue weighted by Crippen LogP contribution is 2.20. The van der Waals surface area contributed by atoms with Gasteiger partial charge in [0.2, 0.25) is 10.0 Å². The Labute approximate surface area is 208 Å². The third kappa shape index (κ3) is 6.17. The number of carbonyl (C=O) groups is 1. The predicted molar refractivity (Wildman–Crippen MR) is 140 cm³/mol. The van der Waals surface area contributed by atoms with Crippen LogP contribution in [-0.4, -0.2) is 49.7 Å². The first-order valence-electron chi connectivity index (χ1n) is 12.0. The molecule has 0 bridgehead atoms. The van der Waals surface area contributed by atoms with Crippen molar-refractivity contribution in [3.8, 4) is 0 Å². The molecule has 0 aromatic heterocycles. The van der Waals surface area contributed by atoms with Gasteiger partial charge >= 0.3 is 0 Å². The van der Waals surface area contributed by atoms with Gasteiger partial charge in [-0.3, -0.25) is 9.69 Å². The fourth-order valence-corrected chi connectivity index (χ4v) is 5.63. The Morgan fingerprint density at radius 3 is 2.20 bits per heavy atom. The van der Waals surface area contributed by atoms with E-state index in [4.69, 9.17) is 0 Å². The smallest absolute Gasteiger partial charge is 0.255 e. The first-order valence-corrected chi connectivity index (χ1v) is 13.5. The third-order valence-corrected chi connectivity index (χ3v) is 8.33. The highest BCUT2D eigenvalue weighted by Gasteiger charge is 2.28. The number of piperazine rings is 1. The molecule has 1 N–H and O–H groups in total. The molecular weight excluding hydrogens is 458 g/mol. The second kappa shape index (κ2) is 10.7. The molecule has 1 saturated heterocycles. The van der Waals surface area contributed by atoms with E-state index < -0.39 is 10.0 Å². The molecule has 4 rings (SSSR count). The van der Waals surface area contributed by atoms with Crippen molar-refractivity contribution >= 4 is 21.6 Å². The van der Waals surface area contributed by atoms with Gasteiger partial charge in [0, 0.05) is 44.0 Å². The molecule has 0 spiro atoms. The van der Waals surface area contributed by atoms with Gasteiger partial charge < -0.3 is 5.32 Å². The molecule has 0 atom stereocenters. The van der Waals surface area contributed by atoms with Crippen LogP contribution in [0.25, 0.3) is 0 Å². The average Bonchev–Trinajstić information content (AvgIpc) is 2.85. The van der Waals surface area contributed by atoms with Crippen LogP contribution in [0.5, 0.6) is 0 Å². The number of nitrogens with one attached hydrogen (secondary N) is 1. The summed E-state index contributed by atoms with van der Waals surface area (Å²) in [5, 5.41) is 2.97. The van der Waals surface area contributed by atoms with E-state index in [-0.39, 0.29) is 5.91 Å². The van der Waals surface area contributed by atoms with Crippen LogP contribution >= 0.6 is 0 Å². The number of amides is 1. The van der Waals surface area contributed by atoms with E-state index in [9.17, 15) is 13.2 Å². The van der Waals surface area contributed by atoms with Crippen LogP contribution in [0.3, 0.4) is 0 Å². The number of hydrogen-bond acceptors (Lipinski definition) is 4. The highest BCUT2D eigenvalue weighted by molar-refractivity contribution is 7.89. The molecular formula is C28H33N3O3S. The average molecular weight is 492 g/mol. The van der Waals surface area contributed by atoms with Crippen molar-refractivity contribution in [1.82, 2.24) is 9.21 Å². The first kappa shape index (κ1) is 25.1. The van der Waals surface area contributed by atoms with Gasteiger partial charge in [-0.25, -0.2) is 8.42 Å². The summed E-state index contributed by atoms with van der Waals surface area (Å²) < 4.78 is 27.5. The van der Waals surface area contributed by atoms with Gasteiger partial charge in [0.25, 0.3) is 5.91 Å². The van der Waals surface area contributed by atoms with Crippen LogP contribution in [0.15, 0.2) is 77.7 Å². The Hall–Kier alpha value is -3.00. The lowest BCUT2D eigenvalue weighted by atomic mass is 10.0. The zero-order valence-electron chi connectivity index (χ0n) is 20.6. The number of nitrogens with zero attached hydrogens (tertiary/aromatic N) is 2. The molecule has 1 aliphatic heterocycles. The third-order valence-electron chi connectivity index (χ3n) is 6.42. The van der Waals surface area contributed by atoms with Crippen molar-refractivity contribution in [1.29, 1.82) is 0 Å². The van der Waals surface area contributed by atoms with Crippen LogP contribution in [0.4, 0.5) is 5.69 Å². The van der Waals surface area contributed by atoms with E-state index in [0.717, 1.165) is 16.8 Å². The Balaban J connectivity index is 1.34. The van der Waals surface area contributed by atoms with Crippen molar-refractivity contribution in [3.63, 3.8) is 0 Å². The van der Waals surface area contributed by atoms with Crippen molar-refractivity contribution in [2.45, 2.75) is 38.1 Å². The molecule has 7 heteroatoms. The molecule has 0 radical (unpaired) electrons. The van der Waals surface area contributed by atoms with Gasteiger partial charge in [0.1, 0.15) is 0 Å². The number of carbonyl (C=O) groups excluding carboxylic acids is 1. The van der Waals surface area contributed by atoms with Gasteiger partial charge in [-0.1, -0.05) is 55.8 Å². The van der Waals surface area contributed by atoms with E-state index in [2.05, 4.69) is 24.1 Å². The molecule has 3 aromatic rings. The molecule has 3 aromatic carbocycles. The Kier molecular flexibility index (Phi) is 7.69. The van der Waals surface area contributed by atoms with E-state index in [0.29, 0.717) is 49.1 Å². The van der Waals surface area contributed by atoms with E-state index in [1.807, 2.05) is 67.6 Å². The maximum Gasteiger partial charge on any atom is 0.255 e. The van der Waals surface area contributed by atoms with E-state index >= 15 is 0 Å². The topological polar surface area (TPSA) is 69.7 Å². The van der Waals surface area contributed by atoms with Crippen LogP contribution in [-0.2, 0) is 16.6 Å². The summed E-state index contributed by atoms with van der Waals surface area (Å²) in [6.07, 6.45) is 0. The molecule has 0 aliphatic carbocycles. The second-order valence-electron chi connectivity index (χ2n) is 9.42. The van der Waals surface area contributed by atoms with Crippen LogP contribution < -0.4 is 5.32 Å². The van der Waals surface area contributed by atoms with Crippen LogP contribution in [0, 0.1) is 6.92 Å². The summed E-state index contributed by atoms with van der Waals surface area (Å²) in [5.41, 5.74) is 4.68. The summed E-state index contributed by atoms with van der Waals surface area (Å²) in [5.74, 6) is 0.305. The second-order valence-corrected chi connectivity index (χ2v) is 11.4. The normalized spacial score (nSPS) is 15.3. The summed E-state index contributed by atoms with van der Waals surface area (Å²) in [4.78, 5) is 15.4. The molecule has 0 saturated carbocycles. The number of benzene rings is 3. The largest absolute Gasteiger partial charge is 0.322 e. The van der Waals surface area contributed by atoms with Crippen molar-refractivity contribution in [2.24, 2.45) is 0 Å². The highest BCUT2D eigenvalue weighted by atomic mass is 32.2. The van der Waals surface area contributed by atoms with Gasteiger partial charge in [0.05, 0.1) is 4.90 Å². The minimum atomic E-state index is -3.48. The van der Waals surface area contributed by atoms with E-state index in [1.165, 1.54) is 5.56 Å². The summed E-state index contributed by atoms with van der Waals surface area (Å²) >= 11 is 0. The maximum absolute atomic E-state index is 12.9. The monoisotopic (exact) mass is 491 g/mol. The molecule has 1 amide bonds. The zero-order chi connectivity index (χ0) is 25.0. The summed E-state index contributed by atoms with van der Waals surface area (Å²) in [6.45, 7) is 9.07. The number of sulfonamides is 1.